The predicted octanol–water partition coefficient (Wildman–Crippen LogP) is 4.65. The molecule has 6 heteroatoms. The van der Waals surface area contributed by atoms with Gasteiger partial charge in [-0.15, -0.1) is 0 Å². The van der Waals surface area contributed by atoms with Crippen LogP contribution in [0.25, 0.3) is 6.08 Å². The van der Waals surface area contributed by atoms with Crippen molar-refractivity contribution in [3.05, 3.63) is 59.4 Å². The molecular formula is C23H28O6. The molecule has 0 aliphatic heterocycles. The minimum atomic E-state index is -1.12. The summed E-state index contributed by atoms with van der Waals surface area (Å²) < 4.78 is 16.9. The standard InChI is InChI=1S/C23H28O6/c1-3-5-13-28-21-15-18(16-22(23(25)26)27-4-2)8-11-20(21)29-14-12-17-6-9-19(24)10-7-17/h6-11,15-16,24H,3-5,12-14H2,1-2H3,(H,25,26). The fourth-order valence-corrected chi connectivity index (χ4v) is 2.59. The van der Waals surface area contributed by atoms with Crippen molar-refractivity contribution < 1.29 is 29.2 Å². The normalized spacial score (nSPS) is 11.2. The lowest BCUT2D eigenvalue weighted by atomic mass is 10.1. The SMILES string of the molecule is CCCCOc1cc(C=C(OCC)C(=O)O)ccc1OCCc1ccc(O)cc1. The van der Waals surface area contributed by atoms with Crippen molar-refractivity contribution in [2.75, 3.05) is 19.8 Å². The van der Waals surface area contributed by atoms with Crippen molar-refractivity contribution in [2.24, 2.45) is 0 Å². The molecule has 0 heterocycles. The molecule has 2 N–H and O–H groups in total. The Morgan fingerprint density at radius 3 is 2.38 bits per heavy atom. The zero-order valence-electron chi connectivity index (χ0n) is 16.9. The molecule has 0 aromatic heterocycles. The predicted molar refractivity (Wildman–Crippen MR) is 111 cm³/mol. The van der Waals surface area contributed by atoms with E-state index in [1.54, 1.807) is 37.3 Å². The van der Waals surface area contributed by atoms with E-state index < -0.39 is 5.97 Å². The number of rotatable bonds is 12. The van der Waals surface area contributed by atoms with Crippen molar-refractivity contribution in [3.8, 4) is 17.2 Å². The lowest BCUT2D eigenvalue weighted by molar-refractivity contribution is -0.136. The maximum absolute atomic E-state index is 11.3. The molecule has 0 unspecified atom stereocenters. The number of hydrogen-bond donors (Lipinski definition) is 2. The van der Waals surface area contributed by atoms with Gasteiger partial charge in [-0.05, 0) is 54.8 Å². The first kappa shape index (κ1) is 22.1. The topological polar surface area (TPSA) is 85.2 Å². The van der Waals surface area contributed by atoms with Gasteiger partial charge in [-0.3, -0.25) is 0 Å². The number of carboxylic acids is 1. The van der Waals surface area contributed by atoms with Crippen LogP contribution in [-0.4, -0.2) is 36.0 Å². The Labute approximate surface area is 171 Å². The molecule has 6 nitrogen and oxygen atoms in total. The molecule has 0 spiro atoms. The van der Waals surface area contributed by atoms with Gasteiger partial charge in [0.1, 0.15) is 5.75 Å². The van der Waals surface area contributed by atoms with Gasteiger partial charge in [-0.25, -0.2) is 4.79 Å². The second-order valence-electron chi connectivity index (χ2n) is 6.42. The molecule has 2 aromatic rings. The van der Waals surface area contributed by atoms with Crippen LogP contribution in [0.3, 0.4) is 0 Å². The Morgan fingerprint density at radius 1 is 1.00 bits per heavy atom. The maximum Gasteiger partial charge on any atom is 0.371 e. The Hall–Kier alpha value is -3.15. The molecule has 0 atom stereocenters. The number of benzene rings is 2. The maximum atomic E-state index is 11.3. The number of aromatic hydroxyl groups is 1. The third-order valence-electron chi connectivity index (χ3n) is 4.12. The highest BCUT2D eigenvalue weighted by molar-refractivity contribution is 5.90. The van der Waals surface area contributed by atoms with Crippen LogP contribution < -0.4 is 9.47 Å². The Balaban J connectivity index is 2.13. The zero-order valence-corrected chi connectivity index (χ0v) is 16.9. The largest absolute Gasteiger partial charge is 0.508 e. The number of phenolic OH excluding ortho intramolecular Hbond substituents is 1. The first-order valence-electron chi connectivity index (χ1n) is 9.78. The average Bonchev–Trinajstić information content (AvgIpc) is 2.70. The van der Waals surface area contributed by atoms with E-state index in [2.05, 4.69) is 6.92 Å². The van der Waals surface area contributed by atoms with Crippen LogP contribution in [0.15, 0.2) is 48.2 Å². The summed E-state index contributed by atoms with van der Waals surface area (Å²) in [6, 6.07) is 12.3. The van der Waals surface area contributed by atoms with Crippen LogP contribution in [0.4, 0.5) is 0 Å². The number of phenols is 1. The molecule has 0 saturated carbocycles. The van der Waals surface area contributed by atoms with Gasteiger partial charge in [0.2, 0.25) is 5.76 Å². The third kappa shape index (κ3) is 7.41. The van der Waals surface area contributed by atoms with Crippen molar-refractivity contribution in [2.45, 2.75) is 33.1 Å². The van der Waals surface area contributed by atoms with Gasteiger partial charge in [-0.2, -0.15) is 0 Å². The van der Waals surface area contributed by atoms with Crippen molar-refractivity contribution in [1.29, 1.82) is 0 Å². The number of carbonyl (C=O) groups is 1. The fourth-order valence-electron chi connectivity index (χ4n) is 2.59. The third-order valence-corrected chi connectivity index (χ3v) is 4.12. The molecule has 0 radical (unpaired) electrons. The number of ether oxygens (including phenoxy) is 3. The Morgan fingerprint density at radius 2 is 1.72 bits per heavy atom. The summed E-state index contributed by atoms with van der Waals surface area (Å²) in [6.45, 7) is 5.09. The molecule has 2 rings (SSSR count). The molecule has 0 bridgehead atoms. The Bertz CT molecular complexity index is 811. The highest BCUT2D eigenvalue weighted by Crippen LogP contribution is 2.30. The quantitative estimate of drug-likeness (QED) is 0.306. The number of carboxylic acid groups (broad SMARTS) is 1. The van der Waals surface area contributed by atoms with Gasteiger partial charge in [0, 0.05) is 6.42 Å². The number of aliphatic carboxylic acids is 1. The highest BCUT2D eigenvalue weighted by atomic mass is 16.5. The summed E-state index contributed by atoms with van der Waals surface area (Å²) in [5.41, 5.74) is 1.71. The van der Waals surface area contributed by atoms with Crippen LogP contribution in [0, 0.1) is 0 Å². The van der Waals surface area contributed by atoms with Gasteiger partial charge in [0.25, 0.3) is 0 Å². The summed E-state index contributed by atoms with van der Waals surface area (Å²) in [5, 5.41) is 18.6. The van der Waals surface area contributed by atoms with E-state index in [-0.39, 0.29) is 18.1 Å². The molecule has 0 saturated heterocycles. The van der Waals surface area contributed by atoms with Crippen LogP contribution in [0.5, 0.6) is 17.2 Å². The Kier molecular flexibility index (Phi) is 8.89. The van der Waals surface area contributed by atoms with Crippen LogP contribution in [-0.2, 0) is 16.0 Å². The van der Waals surface area contributed by atoms with Crippen molar-refractivity contribution >= 4 is 12.0 Å². The summed E-state index contributed by atoms with van der Waals surface area (Å²) in [5.74, 6) is 0.171. The second kappa shape index (κ2) is 11.6. The fraction of sp³-hybridized carbons (Fsp3) is 0.348. The molecule has 0 aliphatic carbocycles. The van der Waals surface area contributed by atoms with E-state index >= 15 is 0 Å². The first-order valence-corrected chi connectivity index (χ1v) is 9.78. The van der Waals surface area contributed by atoms with E-state index in [4.69, 9.17) is 14.2 Å². The summed E-state index contributed by atoms with van der Waals surface area (Å²) in [4.78, 5) is 11.3. The number of hydrogen-bond acceptors (Lipinski definition) is 5. The van der Waals surface area contributed by atoms with E-state index in [1.807, 2.05) is 12.1 Å². The molecule has 0 aliphatic rings. The molecule has 2 aromatic carbocycles. The van der Waals surface area contributed by atoms with Gasteiger partial charge in [0.05, 0.1) is 19.8 Å². The summed E-state index contributed by atoms with van der Waals surface area (Å²) in [6.07, 6.45) is 4.07. The average molecular weight is 400 g/mol. The van der Waals surface area contributed by atoms with Gasteiger partial charge < -0.3 is 24.4 Å². The van der Waals surface area contributed by atoms with Gasteiger partial charge >= 0.3 is 5.97 Å². The zero-order chi connectivity index (χ0) is 21.1. The van der Waals surface area contributed by atoms with E-state index in [1.165, 1.54) is 6.08 Å². The molecule has 29 heavy (non-hydrogen) atoms. The monoisotopic (exact) mass is 400 g/mol. The number of unbranched alkanes of at least 4 members (excludes halogenated alkanes) is 1. The molecule has 0 fully saturated rings. The minimum Gasteiger partial charge on any atom is -0.508 e. The molecule has 0 amide bonds. The van der Waals surface area contributed by atoms with E-state index in [0.29, 0.717) is 36.7 Å². The van der Waals surface area contributed by atoms with E-state index in [9.17, 15) is 15.0 Å². The summed E-state index contributed by atoms with van der Waals surface area (Å²) in [7, 11) is 0. The van der Waals surface area contributed by atoms with Crippen molar-refractivity contribution in [3.63, 3.8) is 0 Å². The van der Waals surface area contributed by atoms with Gasteiger partial charge in [0.15, 0.2) is 11.5 Å². The molecular weight excluding hydrogens is 372 g/mol. The second-order valence-corrected chi connectivity index (χ2v) is 6.42. The summed E-state index contributed by atoms with van der Waals surface area (Å²) >= 11 is 0. The van der Waals surface area contributed by atoms with Crippen LogP contribution in [0.2, 0.25) is 0 Å². The van der Waals surface area contributed by atoms with Gasteiger partial charge in [-0.1, -0.05) is 31.5 Å². The van der Waals surface area contributed by atoms with E-state index in [0.717, 1.165) is 18.4 Å². The molecule has 156 valence electrons. The highest BCUT2D eigenvalue weighted by Gasteiger charge is 2.11. The smallest absolute Gasteiger partial charge is 0.371 e. The first-order chi connectivity index (χ1) is 14.0. The lowest BCUT2D eigenvalue weighted by Gasteiger charge is -2.14. The minimum absolute atomic E-state index is 0.118. The van der Waals surface area contributed by atoms with Crippen LogP contribution in [0.1, 0.15) is 37.8 Å². The van der Waals surface area contributed by atoms with Crippen molar-refractivity contribution in [1.82, 2.24) is 0 Å². The van der Waals surface area contributed by atoms with Crippen LogP contribution >= 0.6 is 0 Å². The lowest BCUT2D eigenvalue weighted by Crippen LogP contribution is -2.06.